The van der Waals surface area contributed by atoms with Crippen molar-refractivity contribution in [2.24, 2.45) is 0 Å². The molecule has 0 heterocycles. The van der Waals surface area contributed by atoms with Gasteiger partial charge in [-0.2, -0.15) is 0 Å². The Bertz CT molecular complexity index is 431. The molecule has 1 aromatic rings. The second kappa shape index (κ2) is 6.76. The molecule has 0 saturated heterocycles. The molecule has 0 bridgehead atoms. The van der Waals surface area contributed by atoms with E-state index in [-0.39, 0.29) is 11.1 Å². The van der Waals surface area contributed by atoms with Crippen LogP contribution in [0.5, 0.6) is 0 Å². The van der Waals surface area contributed by atoms with Crippen LogP contribution in [0.2, 0.25) is 0 Å². The van der Waals surface area contributed by atoms with Gasteiger partial charge in [0.2, 0.25) is 0 Å². The van der Waals surface area contributed by atoms with E-state index in [0.29, 0.717) is 19.4 Å². The summed E-state index contributed by atoms with van der Waals surface area (Å²) < 4.78 is 0. The van der Waals surface area contributed by atoms with Gasteiger partial charge in [0.1, 0.15) is 0 Å². The first-order valence-electron chi connectivity index (χ1n) is 5.84. The molecule has 1 aromatic carbocycles. The fraction of sp³-hybridized carbons (Fsp3) is 0.385. The summed E-state index contributed by atoms with van der Waals surface area (Å²) in [6, 6.07) is 6.04. The number of hydrogen-bond acceptors (Lipinski definition) is 3. The molecule has 0 saturated carbocycles. The quantitative estimate of drug-likeness (QED) is 0.710. The number of hydrogen-bond donors (Lipinski definition) is 3. The normalized spacial score (nSPS) is 11.9. The van der Waals surface area contributed by atoms with Crippen LogP contribution in [0.4, 0.5) is 0 Å². The number of nitrogens with one attached hydrogen (secondary N) is 1. The monoisotopic (exact) mass is 251 g/mol. The van der Waals surface area contributed by atoms with Gasteiger partial charge in [0.05, 0.1) is 17.2 Å². The minimum atomic E-state index is -1.13. The van der Waals surface area contributed by atoms with E-state index in [1.807, 2.05) is 6.92 Å². The van der Waals surface area contributed by atoms with Crippen molar-refractivity contribution in [3.05, 3.63) is 35.4 Å². The highest BCUT2D eigenvalue weighted by Gasteiger charge is 2.15. The van der Waals surface area contributed by atoms with Crippen molar-refractivity contribution in [3.8, 4) is 0 Å². The van der Waals surface area contributed by atoms with E-state index in [2.05, 4.69) is 5.32 Å². The maximum Gasteiger partial charge on any atom is 0.336 e. The molecule has 5 nitrogen and oxygen atoms in total. The second-order valence-electron chi connectivity index (χ2n) is 3.96. The number of aliphatic hydroxyl groups is 1. The van der Waals surface area contributed by atoms with Crippen molar-refractivity contribution < 1.29 is 19.8 Å². The van der Waals surface area contributed by atoms with Crippen molar-refractivity contribution in [1.29, 1.82) is 0 Å². The number of aromatic carboxylic acids is 1. The predicted molar refractivity (Wildman–Crippen MR) is 66.6 cm³/mol. The standard InChI is InChI=1S/C13H17NO4/c1-2-9(15)7-8-14-12(16)10-5-3-4-6-11(10)13(17)18/h3-6,9,15H,2,7-8H2,1H3,(H,14,16)(H,17,18). The van der Waals surface area contributed by atoms with E-state index >= 15 is 0 Å². The minimum Gasteiger partial charge on any atom is -0.478 e. The molecule has 18 heavy (non-hydrogen) atoms. The van der Waals surface area contributed by atoms with E-state index in [0.717, 1.165) is 0 Å². The van der Waals surface area contributed by atoms with Crippen LogP contribution in [0.1, 0.15) is 40.5 Å². The molecule has 1 atom stereocenters. The highest BCUT2D eigenvalue weighted by Crippen LogP contribution is 2.08. The van der Waals surface area contributed by atoms with Crippen LogP contribution in [0.15, 0.2) is 24.3 Å². The van der Waals surface area contributed by atoms with Crippen LogP contribution in [0, 0.1) is 0 Å². The maximum atomic E-state index is 11.8. The topological polar surface area (TPSA) is 86.6 Å². The molecule has 0 aromatic heterocycles. The molecule has 3 N–H and O–H groups in total. The Morgan fingerprint density at radius 1 is 1.28 bits per heavy atom. The van der Waals surface area contributed by atoms with Gasteiger partial charge in [-0.25, -0.2) is 4.79 Å². The molecule has 0 aliphatic carbocycles. The van der Waals surface area contributed by atoms with Crippen LogP contribution >= 0.6 is 0 Å². The summed E-state index contributed by atoms with van der Waals surface area (Å²) >= 11 is 0. The third-order valence-electron chi connectivity index (χ3n) is 2.64. The van der Waals surface area contributed by atoms with E-state index in [4.69, 9.17) is 5.11 Å². The molecule has 0 fully saturated rings. The van der Waals surface area contributed by atoms with Gasteiger partial charge in [-0.05, 0) is 25.0 Å². The van der Waals surface area contributed by atoms with Gasteiger partial charge in [-0.3, -0.25) is 4.79 Å². The Labute approximate surface area is 105 Å². The van der Waals surface area contributed by atoms with E-state index in [1.54, 1.807) is 12.1 Å². The number of aliphatic hydroxyl groups excluding tert-OH is 1. The van der Waals surface area contributed by atoms with Gasteiger partial charge in [0.15, 0.2) is 0 Å². The lowest BCUT2D eigenvalue weighted by molar-refractivity contribution is 0.0690. The molecular formula is C13H17NO4. The van der Waals surface area contributed by atoms with Crippen molar-refractivity contribution in [2.75, 3.05) is 6.54 Å². The molecular weight excluding hydrogens is 234 g/mol. The lowest BCUT2D eigenvalue weighted by Crippen LogP contribution is -2.28. The second-order valence-corrected chi connectivity index (χ2v) is 3.96. The zero-order valence-electron chi connectivity index (χ0n) is 10.2. The zero-order chi connectivity index (χ0) is 13.5. The van der Waals surface area contributed by atoms with Gasteiger partial charge in [0, 0.05) is 6.54 Å². The highest BCUT2D eigenvalue weighted by molar-refractivity contribution is 6.04. The van der Waals surface area contributed by atoms with E-state index in [9.17, 15) is 14.7 Å². The zero-order valence-corrected chi connectivity index (χ0v) is 10.2. The number of carbonyl (C=O) groups excluding carboxylic acids is 1. The van der Waals surface area contributed by atoms with Crippen LogP contribution in [-0.4, -0.2) is 34.7 Å². The molecule has 0 radical (unpaired) electrons. The van der Waals surface area contributed by atoms with E-state index in [1.165, 1.54) is 12.1 Å². The summed E-state index contributed by atoms with van der Waals surface area (Å²) in [5, 5.41) is 20.9. The lowest BCUT2D eigenvalue weighted by Gasteiger charge is -2.10. The molecule has 5 heteroatoms. The fourth-order valence-electron chi connectivity index (χ4n) is 1.52. The first-order valence-corrected chi connectivity index (χ1v) is 5.84. The molecule has 0 aliphatic rings. The average Bonchev–Trinajstić information content (AvgIpc) is 2.38. The number of carboxylic acid groups (broad SMARTS) is 1. The summed E-state index contributed by atoms with van der Waals surface area (Å²) in [5.41, 5.74) is 0.113. The minimum absolute atomic E-state index is 0.0222. The van der Waals surface area contributed by atoms with Crippen LogP contribution in [-0.2, 0) is 0 Å². The van der Waals surface area contributed by atoms with Crippen molar-refractivity contribution >= 4 is 11.9 Å². The fourth-order valence-corrected chi connectivity index (χ4v) is 1.52. The molecule has 0 aliphatic heterocycles. The van der Waals surface area contributed by atoms with Crippen molar-refractivity contribution in [3.63, 3.8) is 0 Å². The summed E-state index contributed by atoms with van der Waals surface area (Å²) in [5.74, 6) is -1.56. The van der Waals surface area contributed by atoms with Crippen LogP contribution in [0.25, 0.3) is 0 Å². The van der Waals surface area contributed by atoms with Gasteiger partial charge in [-0.15, -0.1) is 0 Å². The van der Waals surface area contributed by atoms with E-state index < -0.39 is 18.0 Å². The predicted octanol–water partition coefficient (Wildman–Crippen LogP) is 1.28. The molecule has 1 amide bonds. The molecule has 98 valence electrons. The summed E-state index contributed by atoms with van der Waals surface area (Å²) in [7, 11) is 0. The Hall–Kier alpha value is -1.88. The average molecular weight is 251 g/mol. The number of amides is 1. The first-order chi connectivity index (χ1) is 8.56. The Kier molecular flexibility index (Phi) is 5.32. The van der Waals surface area contributed by atoms with Gasteiger partial charge < -0.3 is 15.5 Å². The summed E-state index contributed by atoms with van der Waals surface area (Å²) in [6.45, 7) is 2.17. The summed E-state index contributed by atoms with van der Waals surface area (Å²) in [4.78, 5) is 22.7. The van der Waals surface area contributed by atoms with Gasteiger partial charge in [-0.1, -0.05) is 19.1 Å². The van der Waals surface area contributed by atoms with Gasteiger partial charge >= 0.3 is 5.97 Å². The van der Waals surface area contributed by atoms with Crippen LogP contribution in [0.3, 0.4) is 0 Å². The largest absolute Gasteiger partial charge is 0.478 e. The Morgan fingerprint density at radius 2 is 1.89 bits per heavy atom. The number of rotatable bonds is 6. The molecule has 1 unspecified atom stereocenters. The van der Waals surface area contributed by atoms with Crippen LogP contribution < -0.4 is 5.32 Å². The Balaban J connectivity index is 2.64. The van der Waals surface area contributed by atoms with Crippen molar-refractivity contribution in [2.45, 2.75) is 25.9 Å². The molecule has 1 rings (SSSR count). The maximum absolute atomic E-state index is 11.8. The third-order valence-corrected chi connectivity index (χ3v) is 2.64. The number of carboxylic acids is 1. The van der Waals surface area contributed by atoms with Crippen molar-refractivity contribution in [1.82, 2.24) is 5.32 Å². The molecule has 0 spiro atoms. The third kappa shape index (κ3) is 3.85. The smallest absolute Gasteiger partial charge is 0.336 e. The number of benzene rings is 1. The summed E-state index contributed by atoms with van der Waals surface area (Å²) in [6.07, 6.45) is 0.638. The number of carbonyl (C=O) groups is 2. The lowest BCUT2D eigenvalue weighted by atomic mass is 10.1. The SMILES string of the molecule is CCC(O)CCNC(=O)c1ccccc1C(=O)O. The highest BCUT2D eigenvalue weighted by atomic mass is 16.4. The van der Waals surface area contributed by atoms with Gasteiger partial charge in [0.25, 0.3) is 5.91 Å². The Morgan fingerprint density at radius 3 is 2.44 bits per heavy atom. The first kappa shape index (κ1) is 14.2.